The van der Waals surface area contributed by atoms with Crippen LogP contribution in [-0.4, -0.2) is 21.0 Å². The summed E-state index contributed by atoms with van der Waals surface area (Å²) in [6.07, 6.45) is 0. The van der Waals surface area contributed by atoms with Crippen LogP contribution in [0.25, 0.3) is 10.9 Å². The van der Waals surface area contributed by atoms with Crippen LogP contribution >= 0.6 is 0 Å². The Bertz CT molecular complexity index is 630. The highest BCUT2D eigenvalue weighted by Gasteiger charge is 2.18. The SMILES string of the molecule is Cc1cc2c(C)c(C(=O)O)[nH]c2cc1[N+](=O)[O-]. The van der Waals surface area contributed by atoms with Gasteiger partial charge in [0.05, 0.1) is 10.4 Å². The maximum absolute atomic E-state index is 10.9. The Labute approximate surface area is 96.0 Å². The first kappa shape index (κ1) is 11.1. The number of aryl methyl sites for hydroxylation is 2. The molecule has 0 spiro atoms. The van der Waals surface area contributed by atoms with Crippen molar-refractivity contribution in [1.29, 1.82) is 0 Å². The van der Waals surface area contributed by atoms with Crippen molar-refractivity contribution in [2.45, 2.75) is 13.8 Å². The number of rotatable bonds is 2. The van der Waals surface area contributed by atoms with Crippen LogP contribution in [-0.2, 0) is 0 Å². The zero-order valence-electron chi connectivity index (χ0n) is 9.27. The van der Waals surface area contributed by atoms with E-state index in [0.29, 0.717) is 22.0 Å². The molecule has 0 saturated carbocycles. The number of nitro benzene ring substituents is 1. The molecule has 0 amide bonds. The van der Waals surface area contributed by atoms with Gasteiger partial charge in [-0.05, 0) is 25.5 Å². The number of fused-ring (bicyclic) bond motifs is 1. The van der Waals surface area contributed by atoms with Crippen LogP contribution in [0.15, 0.2) is 12.1 Å². The van der Waals surface area contributed by atoms with Crippen molar-refractivity contribution >= 4 is 22.6 Å². The lowest BCUT2D eigenvalue weighted by Gasteiger charge is -1.97. The van der Waals surface area contributed by atoms with Crippen molar-refractivity contribution < 1.29 is 14.8 Å². The molecule has 1 aromatic carbocycles. The van der Waals surface area contributed by atoms with E-state index in [-0.39, 0.29) is 11.4 Å². The smallest absolute Gasteiger partial charge is 0.352 e. The zero-order valence-corrected chi connectivity index (χ0v) is 9.27. The number of hydrogen-bond donors (Lipinski definition) is 2. The van der Waals surface area contributed by atoms with Gasteiger partial charge in [-0.2, -0.15) is 0 Å². The van der Waals surface area contributed by atoms with Crippen LogP contribution in [0.4, 0.5) is 5.69 Å². The van der Waals surface area contributed by atoms with Gasteiger partial charge in [0.2, 0.25) is 0 Å². The maximum atomic E-state index is 10.9. The van der Waals surface area contributed by atoms with E-state index < -0.39 is 10.9 Å². The van der Waals surface area contributed by atoms with Crippen LogP contribution < -0.4 is 0 Å². The van der Waals surface area contributed by atoms with Crippen molar-refractivity contribution in [2.24, 2.45) is 0 Å². The fourth-order valence-corrected chi connectivity index (χ4v) is 1.88. The van der Waals surface area contributed by atoms with E-state index in [9.17, 15) is 14.9 Å². The van der Waals surface area contributed by atoms with Crippen LogP contribution in [0.5, 0.6) is 0 Å². The first-order valence-corrected chi connectivity index (χ1v) is 4.92. The Morgan fingerprint density at radius 3 is 2.59 bits per heavy atom. The zero-order chi connectivity index (χ0) is 12.7. The van der Waals surface area contributed by atoms with E-state index in [1.54, 1.807) is 19.9 Å². The summed E-state index contributed by atoms with van der Waals surface area (Å²) in [6, 6.07) is 3.00. The van der Waals surface area contributed by atoms with E-state index >= 15 is 0 Å². The monoisotopic (exact) mass is 234 g/mol. The Hall–Kier alpha value is -2.37. The molecule has 0 radical (unpaired) electrons. The highest BCUT2D eigenvalue weighted by Crippen LogP contribution is 2.28. The van der Waals surface area contributed by atoms with Gasteiger partial charge in [-0.3, -0.25) is 10.1 Å². The molecule has 0 saturated heterocycles. The molecule has 0 bridgehead atoms. The number of nitrogens with zero attached hydrogens (tertiary/aromatic N) is 1. The summed E-state index contributed by atoms with van der Waals surface area (Å²) in [5.41, 5.74) is 1.62. The van der Waals surface area contributed by atoms with Gasteiger partial charge in [-0.15, -0.1) is 0 Å². The molecule has 88 valence electrons. The first-order chi connectivity index (χ1) is 7.91. The van der Waals surface area contributed by atoms with E-state index in [1.165, 1.54) is 6.07 Å². The molecule has 2 rings (SSSR count). The number of aromatic carboxylic acids is 1. The number of carboxylic acid groups (broad SMARTS) is 1. The summed E-state index contributed by atoms with van der Waals surface area (Å²) in [5, 5.41) is 20.4. The number of aromatic nitrogens is 1. The van der Waals surface area contributed by atoms with Gasteiger partial charge in [0.1, 0.15) is 5.69 Å². The van der Waals surface area contributed by atoms with Gasteiger partial charge in [0.15, 0.2) is 0 Å². The highest BCUT2D eigenvalue weighted by molar-refractivity contribution is 5.98. The number of nitro groups is 1. The predicted molar refractivity (Wildman–Crippen MR) is 61.4 cm³/mol. The van der Waals surface area contributed by atoms with Crippen molar-refractivity contribution in [3.8, 4) is 0 Å². The minimum atomic E-state index is -1.07. The Kier molecular flexibility index (Phi) is 2.35. The lowest BCUT2D eigenvalue weighted by Crippen LogP contribution is -1.97. The second-order valence-electron chi connectivity index (χ2n) is 3.87. The van der Waals surface area contributed by atoms with Crippen molar-refractivity contribution in [2.75, 3.05) is 0 Å². The fraction of sp³-hybridized carbons (Fsp3) is 0.182. The molecule has 0 unspecified atom stereocenters. The van der Waals surface area contributed by atoms with Crippen LogP contribution in [0, 0.1) is 24.0 Å². The second kappa shape index (κ2) is 3.58. The molecule has 0 fully saturated rings. The largest absolute Gasteiger partial charge is 0.477 e. The predicted octanol–water partition coefficient (Wildman–Crippen LogP) is 2.39. The Morgan fingerprint density at radius 1 is 1.41 bits per heavy atom. The number of nitrogens with one attached hydrogen (secondary N) is 1. The molecule has 6 heteroatoms. The number of benzene rings is 1. The van der Waals surface area contributed by atoms with Gasteiger partial charge < -0.3 is 10.1 Å². The third-order valence-electron chi connectivity index (χ3n) is 2.79. The molecule has 6 nitrogen and oxygen atoms in total. The minimum Gasteiger partial charge on any atom is -0.477 e. The second-order valence-corrected chi connectivity index (χ2v) is 3.87. The number of aromatic amines is 1. The molecule has 0 aliphatic heterocycles. The van der Waals surface area contributed by atoms with E-state index in [4.69, 9.17) is 5.11 Å². The molecule has 2 aromatic rings. The quantitative estimate of drug-likeness (QED) is 0.615. The van der Waals surface area contributed by atoms with Gasteiger partial charge in [-0.25, -0.2) is 4.79 Å². The normalized spacial score (nSPS) is 10.7. The third kappa shape index (κ3) is 1.63. The van der Waals surface area contributed by atoms with E-state index in [0.717, 1.165) is 0 Å². The van der Waals surface area contributed by atoms with Crippen molar-refractivity contribution in [1.82, 2.24) is 4.98 Å². The number of carboxylic acids is 1. The summed E-state index contributed by atoms with van der Waals surface area (Å²) in [7, 11) is 0. The molecular weight excluding hydrogens is 224 g/mol. The molecule has 0 aliphatic rings. The molecule has 17 heavy (non-hydrogen) atoms. The molecule has 1 aromatic heterocycles. The molecule has 1 heterocycles. The topological polar surface area (TPSA) is 96.2 Å². The summed E-state index contributed by atoms with van der Waals surface area (Å²) in [6.45, 7) is 3.30. The average Bonchev–Trinajstić information content (AvgIpc) is 2.55. The summed E-state index contributed by atoms with van der Waals surface area (Å²) in [5.74, 6) is -1.07. The lowest BCUT2D eigenvalue weighted by molar-refractivity contribution is -0.385. The standard InChI is InChI=1S/C11H10N2O4/c1-5-3-7-6(2)10(11(14)15)12-8(7)4-9(5)13(16)17/h3-4,12H,1-2H3,(H,14,15). The number of hydrogen-bond acceptors (Lipinski definition) is 3. The third-order valence-corrected chi connectivity index (χ3v) is 2.79. The van der Waals surface area contributed by atoms with E-state index in [1.807, 2.05) is 0 Å². The summed E-state index contributed by atoms with van der Waals surface area (Å²) >= 11 is 0. The number of carbonyl (C=O) groups is 1. The van der Waals surface area contributed by atoms with Crippen LogP contribution in [0.1, 0.15) is 21.6 Å². The summed E-state index contributed by atoms with van der Waals surface area (Å²) < 4.78 is 0. The van der Waals surface area contributed by atoms with Gasteiger partial charge in [0, 0.05) is 17.0 Å². The molecular formula is C11H10N2O4. The minimum absolute atomic E-state index is 0.0179. The lowest BCUT2D eigenvalue weighted by atomic mass is 10.1. The maximum Gasteiger partial charge on any atom is 0.352 e. The van der Waals surface area contributed by atoms with Crippen LogP contribution in [0.2, 0.25) is 0 Å². The average molecular weight is 234 g/mol. The van der Waals surface area contributed by atoms with Gasteiger partial charge >= 0.3 is 5.97 Å². The van der Waals surface area contributed by atoms with Gasteiger partial charge in [0.25, 0.3) is 5.69 Å². The summed E-state index contributed by atoms with van der Waals surface area (Å²) in [4.78, 5) is 23.9. The molecule has 0 aliphatic carbocycles. The van der Waals surface area contributed by atoms with Crippen molar-refractivity contribution in [3.05, 3.63) is 39.1 Å². The first-order valence-electron chi connectivity index (χ1n) is 4.92. The van der Waals surface area contributed by atoms with Crippen LogP contribution in [0.3, 0.4) is 0 Å². The fourth-order valence-electron chi connectivity index (χ4n) is 1.88. The Balaban J connectivity index is 2.80. The highest BCUT2D eigenvalue weighted by atomic mass is 16.6. The van der Waals surface area contributed by atoms with Gasteiger partial charge in [-0.1, -0.05) is 0 Å². The van der Waals surface area contributed by atoms with E-state index in [2.05, 4.69) is 4.98 Å². The molecule has 0 atom stereocenters. The Morgan fingerprint density at radius 2 is 2.06 bits per heavy atom. The number of H-pyrrole nitrogens is 1. The van der Waals surface area contributed by atoms with Crippen molar-refractivity contribution in [3.63, 3.8) is 0 Å². The molecule has 2 N–H and O–H groups in total.